The van der Waals surface area contributed by atoms with Gasteiger partial charge in [0.1, 0.15) is 5.75 Å². The van der Waals surface area contributed by atoms with Crippen molar-refractivity contribution in [2.75, 3.05) is 32.2 Å². The lowest BCUT2D eigenvalue weighted by Crippen LogP contribution is -2.49. The quantitative estimate of drug-likeness (QED) is 0.277. The standard InChI is InChI=1S/C34H38N2O2/c1-35(30-20-12-13-21-31(30)38-2)33-29(22-23-37)25-36(24-26-14-6-3-7-15-26)34(33)32(27-16-8-4-9-17-27)28-18-10-5-11-19-28/h3-21,29,32-34,37H,22-25H2,1-2H3. The first-order chi connectivity index (χ1) is 18.7. The van der Waals surface area contributed by atoms with E-state index in [0.717, 1.165) is 30.9 Å². The van der Waals surface area contributed by atoms with Crippen LogP contribution in [-0.4, -0.2) is 49.4 Å². The summed E-state index contributed by atoms with van der Waals surface area (Å²) >= 11 is 0. The first kappa shape index (κ1) is 26.0. The van der Waals surface area contributed by atoms with Crippen LogP contribution in [0.15, 0.2) is 115 Å². The zero-order valence-electron chi connectivity index (χ0n) is 22.4. The fourth-order valence-electron chi connectivity index (χ4n) is 6.38. The molecule has 0 aliphatic carbocycles. The van der Waals surface area contributed by atoms with Crippen molar-refractivity contribution in [2.24, 2.45) is 5.92 Å². The number of benzene rings is 4. The lowest BCUT2D eigenvalue weighted by molar-refractivity contribution is 0.214. The minimum atomic E-state index is 0.159. The van der Waals surface area contributed by atoms with Crippen LogP contribution in [0.5, 0.6) is 5.75 Å². The van der Waals surface area contributed by atoms with Crippen LogP contribution in [0.1, 0.15) is 29.0 Å². The van der Waals surface area contributed by atoms with Crippen LogP contribution in [0.2, 0.25) is 0 Å². The Morgan fingerprint density at radius 3 is 1.95 bits per heavy atom. The molecule has 4 heteroatoms. The Balaban J connectivity index is 1.66. The van der Waals surface area contributed by atoms with Crippen LogP contribution in [0.25, 0.3) is 0 Å². The summed E-state index contributed by atoms with van der Waals surface area (Å²) in [7, 11) is 3.93. The van der Waals surface area contributed by atoms with Crippen molar-refractivity contribution in [3.8, 4) is 5.75 Å². The summed E-state index contributed by atoms with van der Waals surface area (Å²) in [5, 5.41) is 10.2. The second-order valence-corrected chi connectivity index (χ2v) is 10.3. The first-order valence-corrected chi connectivity index (χ1v) is 13.6. The lowest BCUT2D eigenvalue weighted by atomic mass is 9.79. The summed E-state index contributed by atoms with van der Waals surface area (Å²) in [6.45, 7) is 1.95. The number of para-hydroxylation sites is 2. The van der Waals surface area contributed by atoms with E-state index in [1.165, 1.54) is 16.7 Å². The summed E-state index contributed by atoms with van der Waals surface area (Å²) in [4.78, 5) is 5.06. The highest BCUT2D eigenvalue weighted by atomic mass is 16.5. The van der Waals surface area contributed by atoms with Crippen LogP contribution >= 0.6 is 0 Å². The molecule has 0 aromatic heterocycles. The predicted molar refractivity (Wildman–Crippen MR) is 156 cm³/mol. The fraction of sp³-hybridized carbons (Fsp3) is 0.294. The van der Waals surface area contributed by atoms with Gasteiger partial charge in [0.15, 0.2) is 0 Å². The normalized spacial score (nSPS) is 19.5. The summed E-state index contributed by atoms with van der Waals surface area (Å²) in [5.41, 5.74) is 5.00. The average Bonchev–Trinajstić information content (AvgIpc) is 3.31. The van der Waals surface area contributed by atoms with E-state index in [9.17, 15) is 5.11 Å². The van der Waals surface area contributed by atoms with Crippen LogP contribution in [0.4, 0.5) is 5.69 Å². The third-order valence-electron chi connectivity index (χ3n) is 8.02. The molecule has 38 heavy (non-hydrogen) atoms. The molecule has 5 rings (SSSR count). The molecule has 0 amide bonds. The minimum absolute atomic E-state index is 0.159. The number of likely N-dealkylation sites (N-methyl/N-ethyl adjacent to an activating group) is 1. The molecule has 1 saturated heterocycles. The van der Waals surface area contributed by atoms with E-state index in [2.05, 4.69) is 120 Å². The van der Waals surface area contributed by atoms with Crippen molar-refractivity contribution in [3.63, 3.8) is 0 Å². The Kier molecular flexibility index (Phi) is 8.42. The molecule has 4 nitrogen and oxygen atoms in total. The molecule has 0 radical (unpaired) electrons. The molecule has 196 valence electrons. The van der Waals surface area contributed by atoms with Gasteiger partial charge in [-0.1, -0.05) is 103 Å². The molecule has 0 bridgehead atoms. The van der Waals surface area contributed by atoms with Crippen LogP contribution in [0, 0.1) is 5.92 Å². The van der Waals surface area contributed by atoms with E-state index in [0.29, 0.717) is 5.92 Å². The lowest BCUT2D eigenvalue weighted by Gasteiger charge is -2.41. The molecule has 0 spiro atoms. The zero-order valence-corrected chi connectivity index (χ0v) is 22.4. The third kappa shape index (κ3) is 5.47. The number of aliphatic hydroxyl groups excluding tert-OH is 1. The minimum Gasteiger partial charge on any atom is -0.495 e. The smallest absolute Gasteiger partial charge is 0.142 e. The maximum Gasteiger partial charge on any atom is 0.142 e. The van der Waals surface area contributed by atoms with Crippen LogP contribution < -0.4 is 9.64 Å². The highest BCUT2D eigenvalue weighted by Gasteiger charge is 2.48. The van der Waals surface area contributed by atoms with Crippen molar-refractivity contribution in [1.82, 2.24) is 4.90 Å². The monoisotopic (exact) mass is 506 g/mol. The Hall–Kier alpha value is -3.60. The summed E-state index contributed by atoms with van der Waals surface area (Å²) in [6, 6.07) is 41.2. The fourth-order valence-corrected chi connectivity index (χ4v) is 6.38. The predicted octanol–water partition coefficient (Wildman–Crippen LogP) is 6.22. The second kappa shape index (κ2) is 12.3. The highest BCUT2D eigenvalue weighted by Crippen LogP contribution is 2.44. The number of nitrogens with zero attached hydrogens (tertiary/aromatic N) is 2. The number of ether oxygens (including phenoxy) is 1. The molecule has 3 atom stereocenters. The average molecular weight is 507 g/mol. The summed E-state index contributed by atoms with van der Waals surface area (Å²) in [6.07, 6.45) is 0.752. The van der Waals surface area contributed by atoms with Gasteiger partial charge >= 0.3 is 0 Å². The van der Waals surface area contributed by atoms with Gasteiger partial charge in [0.2, 0.25) is 0 Å². The molecular formula is C34H38N2O2. The molecular weight excluding hydrogens is 468 g/mol. The van der Waals surface area contributed by atoms with E-state index in [-0.39, 0.29) is 24.6 Å². The van der Waals surface area contributed by atoms with E-state index >= 15 is 0 Å². The largest absolute Gasteiger partial charge is 0.495 e. The summed E-state index contributed by atoms with van der Waals surface area (Å²) < 4.78 is 5.80. The van der Waals surface area contributed by atoms with Gasteiger partial charge in [-0.15, -0.1) is 0 Å². The van der Waals surface area contributed by atoms with Gasteiger partial charge in [0.05, 0.1) is 12.8 Å². The molecule has 1 fully saturated rings. The van der Waals surface area contributed by atoms with Crippen molar-refractivity contribution < 1.29 is 9.84 Å². The van der Waals surface area contributed by atoms with E-state index in [1.807, 2.05) is 12.1 Å². The Bertz CT molecular complexity index is 1230. The Labute approximate surface area is 227 Å². The second-order valence-electron chi connectivity index (χ2n) is 10.3. The molecule has 4 aromatic carbocycles. The molecule has 4 aromatic rings. The van der Waals surface area contributed by atoms with Gasteiger partial charge in [-0.25, -0.2) is 0 Å². The van der Waals surface area contributed by atoms with E-state index in [1.54, 1.807) is 7.11 Å². The third-order valence-corrected chi connectivity index (χ3v) is 8.02. The SMILES string of the molecule is COc1ccccc1N(C)C1C(CCO)CN(Cc2ccccc2)C1C(c1ccccc1)c1ccccc1. The molecule has 1 aliphatic heterocycles. The zero-order chi connectivity index (χ0) is 26.3. The maximum absolute atomic E-state index is 10.2. The molecule has 1 aliphatic rings. The number of likely N-dealkylation sites (tertiary alicyclic amines) is 1. The number of rotatable bonds is 10. The molecule has 3 unspecified atom stereocenters. The Morgan fingerprint density at radius 1 is 0.816 bits per heavy atom. The topological polar surface area (TPSA) is 35.9 Å². The number of aliphatic hydroxyl groups is 1. The summed E-state index contributed by atoms with van der Waals surface area (Å²) in [5.74, 6) is 1.32. The Morgan fingerprint density at radius 2 is 1.37 bits per heavy atom. The van der Waals surface area contributed by atoms with Gasteiger partial charge in [0, 0.05) is 44.7 Å². The van der Waals surface area contributed by atoms with Gasteiger partial charge in [0.25, 0.3) is 0 Å². The highest BCUT2D eigenvalue weighted by molar-refractivity contribution is 5.59. The van der Waals surface area contributed by atoms with Crippen molar-refractivity contribution in [1.29, 1.82) is 0 Å². The maximum atomic E-state index is 10.2. The van der Waals surface area contributed by atoms with Gasteiger partial charge < -0.3 is 14.7 Å². The molecule has 0 saturated carbocycles. The van der Waals surface area contributed by atoms with Crippen LogP contribution in [-0.2, 0) is 6.54 Å². The number of anilines is 1. The van der Waals surface area contributed by atoms with Gasteiger partial charge in [-0.05, 0) is 41.2 Å². The number of methoxy groups -OCH3 is 1. The number of hydrogen-bond donors (Lipinski definition) is 1. The van der Waals surface area contributed by atoms with Crippen molar-refractivity contribution in [3.05, 3.63) is 132 Å². The van der Waals surface area contributed by atoms with Crippen LogP contribution in [0.3, 0.4) is 0 Å². The van der Waals surface area contributed by atoms with Crippen molar-refractivity contribution >= 4 is 5.69 Å². The van der Waals surface area contributed by atoms with Crippen molar-refractivity contribution in [2.45, 2.75) is 31.0 Å². The number of hydrogen-bond acceptors (Lipinski definition) is 4. The van der Waals surface area contributed by atoms with E-state index < -0.39 is 0 Å². The van der Waals surface area contributed by atoms with Gasteiger partial charge in [-0.3, -0.25) is 4.90 Å². The van der Waals surface area contributed by atoms with Gasteiger partial charge in [-0.2, -0.15) is 0 Å². The van der Waals surface area contributed by atoms with E-state index in [4.69, 9.17) is 4.74 Å². The molecule has 1 N–H and O–H groups in total. The molecule has 1 heterocycles. The first-order valence-electron chi connectivity index (χ1n) is 13.6.